The van der Waals surface area contributed by atoms with Crippen LogP contribution in [0.5, 0.6) is 0 Å². The lowest BCUT2D eigenvalue weighted by molar-refractivity contribution is -0.117. The number of benzene rings is 1. The van der Waals surface area contributed by atoms with Gasteiger partial charge < -0.3 is 5.32 Å². The number of carbonyl (C=O) groups excluding carboxylic acids is 1. The lowest BCUT2D eigenvalue weighted by atomic mass is 10.0. The Bertz CT molecular complexity index is 635. The average molecular weight is 328 g/mol. The molecule has 1 N–H and O–H groups in total. The highest BCUT2D eigenvalue weighted by Crippen LogP contribution is 2.23. The van der Waals surface area contributed by atoms with E-state index in [1.807, 2.05) is 30.3 Å². The van der Waals surface area contributed by atoms with Crippen molar-refractivity contribution in [2.24, 2.45) is 0 Å². The first-order chi connectivity index (χ1) is 11.1. The van der Waals surface area contributed by atoms with E-state index in [9.17, 15) is 4.79 Å². The molecule has 2 aromatic rings. The summed E-state index contributed by atoms with van der Waals surface area (Å²) in [5.74, 6) is 0.387. The zero-order valence-electron chi connectivity index (χ0n) is 13.8. The van der Waals surface area contributed by atoms with Crippen molar-refractivity contribution in [3.8, 4) is 0 Å². The van der Waals surface area contributed by atoms with Crippen molar-refractivity contribution in [1.82, 2.24) is 4.90 Å². The maximum atomic E-state index is 12.4. The molecular formula is C19H24N2OS. The molecule has 0 atom stereocenters. The van der Waals surface area contributed by atoms with Crippen molar-refractivity contribution < 1.29 is 4.79 Å². The lowest BCUT2D eigenvalue weighted by Gasteiger charge is -2.20. The number of amides is 1. The van der Waals surface area contributed by atoms with Crippen LogP contribution in [0.2, 0.25) is 0 Å². The largest absolute Gasteiger partial charge is 0.325 e. The fourth-order valence-electron chi connectivity index (χ4n) is 2.50. The molecule has 0 bridgehead atoms. The van der Waals surface area contributed by atoms with Gasteiger partial charge in [0.25, 0.3) is 0 Å². The smallest absolute Gasteiger partial charge is 0.238 e. The van der Waals surface area contributed by atoms with Crippen molar-refractivity contribution in [2.45, 2.75) is 26.3 Å². The molecule has 3 nitrogen and oxygen atoms in total. The second-order valence-corrected chi connectivity index (χ2v) is 6.86. The summed E-state index contributed by atoms with van der Waals surface area (Å²) in [6.07, 6.45) is 1.84. The third kappa shape index (κ3) is 5.34. The first-order valence-corrected chi connectivity index (χ1v) is 8.72. The van der Waals surface area contributed by atoms with Gasteiger partial charge in [-0.2, -0.15) is 0 Å². The third-order valence-electron chi connectivity index (χ3n) is 3.57. The van der Waals surface area contributed by atoms with E-state index >= 15 is 0 Å². The Balaban J connectivity index is 2.00. The van der Waals surface area contributed by atoms with E-state index in [4.69, 9.17) is 0 Å². The quantitative estimate of drug-likeness (QED) is 0.724. The van der Waals surface area contributed by atoms with Gasteiger partial charge in [0.05, 0.1) is 6.54 Å². The van der Waals surface area contributed by atoms with Crippen molar-refractivity contribution in [1.29, 1.82) is 0 Å². The molecule has 1 aromatic carbocycles. The Morgan fingerprint density at radius 1 is 1.30 bits per heavy atom. The van der Waals surface area contributed by atoms with Crippen LogP contribution in [0.25, 0.3) is 0 Å². The van der Waals surface area contributed by atoms with Crippen molar-refractivity contribution >= 4 is 22.9 Å². The first-order valence-electron chi connectivity index (χ1n) is 7.84. The highest BCUT2D eigenvalue weighted by molar-refractivity contribution is 7.09. The predicted molar refractivity (Wildman–Crippen MR) is 99.0 cm³/mol. The normalized spacial score (nSPS) is 11.0. The maximum absolute atomic E-state index is 12.4. The molecule has 0 radical (unpaired) electrons. The van der Waals surface area contributed by atoms with E-state index in [2.05, 4.69) is 48.2 Å². The minimum Gasteiger partial charge on any atom is -0.325 e. The molecule has 23 heavy (non-hydrogen) atoms. The SMILES string of the molecule is C=CCN(CC(=O)Nc1ccccc1C(C)C)Cc1cccs1. The fraction of sp³-hybridized carbons (Fsp3) is 0.316. The molecular weight excluding hydrogens is 304 g/mol. The van der Waals surface area contributed by atoms with Crippen LogP contribution in [0.15, 0.2) is 54.4 Å². The summed E-state index contributed by atoms with van der Waals surface area (Å²) in [5, 5.41) is 5.10. The van der Waals surface area contributed by atoms with Gasteiger partial charge in [0.2, 0.25) is 5.91 Å². The number of hydrogen-bond donors (Lipinski definition) is 1. The van der Waals surface area contributed by atoms with Gasteiger partial charge in [0, 0.05) is 23.7 Å². The van der Waals surface area contributed by atoms with Crippen molar-refractivity contribution in [3.05, 3.63) is 64.9 Å². The highest BCUT2D eigenvalue weighted by Gasteiger charge is 2.13. The van der Waals surface area contributed by atoms with E-state index in [0.29, 0.717) is 19.0 Å². The number of anilines is 1. The number of nitrogens with one attached hydrogen (secondary N) is 1. The molecule has 2 rings (SSSR count). The Hall–Kier alpha value is -1.91. The molecule has 0 saturated carbocycles. The van der Waals surface area contributed by atoms with Gasteiger partial charge in [0.1, 0.15) is 0 Å². The standard InChI is InChI=1S/C19H24N2OS/c1-4-11-21(13-16-8-7-12-23-16)14-19(22)20-18-10-6-5-9-17(18)15(2)3/h4-10,12,15H,1,11,13-14H2,2-3H3,(H,20,22). The number of nitrogens with zero attached hydrogens (tertiary/aromatic N) is 1. The number of para-hydroxylation sites is 1. The second kappa shape index (κ2) is 8.65. The van der Waals surface area contributed by atoms with Gasteiger partial charge in [-0.1, -0.05) is 44.2 Å². The summed E-state index contributed by atoms with van der Waals surface area (Å²) in [6.45, 7) is 9.87. The molecule has 0 aliphatic heterocycles. The van der Waals surface area contributed by atoms with Crippen molar-refractivity contribution in [3.63, 3.8) is 0 Å². The van der Waals surface area contributed by atoms with Crippen LogP contribution in [0.4, 0.5) is 5.69 Å². The molecule has 0 unspecified atom stereocenters. The van der Waals surface area contributed by atoms with E-state index < -0.39 is 0 Å². The lowest BCUT2D eigenvalue weighted by Crippen LogP contribution is -2.33. The molecule has 1 amide bonds. The molecule has 0 aliphatic carbocycles. The maximum Gasteiger partial charge on any atom is 0.238 e. The average Bonchev–Trinajstić information content (AvgIpc) is 3.00. The molecule has 0 spiro atoms. The molecule has 0 aliphatic rings. The van der Waals surface area contributed by atoms with Gasteiger partial charge >= 0.3 is 0 Å². The Kier molecular flexibility index (Phi) is 6.56. The minimum atomic E-state index is 0.0107. The van der Waals surface area contributed by atoms with Crippen LogP contribution in [-0.4, -0.2) is 23.9 Å². The number of thiophene rings is 1. The van der Waals surface area contributed by atoms with Crippen LogP contribution in [0.3, 0.4) is 0 Å². The van der Waals surface area contributed by atoms with Crippen LogP contribution >= 0.6 is 11.3 Å². The summed E-state index contributed by atoms with van der Waals surface area (Å²) in [5.41, 5.74) is 2.07. The summed E-state index contributed by atoms with van der Waals surface area (Å²) in [6, 6.07) is 12.1. The fourth-order valence-corrected chi connectivity index (χ4v) is 3.24. The molecule has 1 heterocycles. The summed E-state index contributed by atoms with van der Waals surface area (Å²) < 4.78 is 0. The van der Waals surface area contributed by atoms with Crippen molar-refractivity contribution in [2.75, 3.05) is 18.4 Å². The summed E-state index contributed by atoms with van der Waals surface area (Å²) in [7, 11) is 0. The Morgan fingerprint density at radius 3 is 2.74 bits per heavy atom. The van der Waals surface area contributed by atoms with Crippen LogP contribution < -0.4 is 5.32 Å². The first kappa shape index (κ1) is 17.4. The van der Waals surface area contributed by atoms with E-state index in [0.717, 1.165) is 17.8 Å². The molecule has 122 valence electrons. The number of rotatable bonds is 8. The van der Waals surface area contributed by atoms with Crippen LogP contribution in [0, 0.1) is 0 Å². The van der Waals surface area contributed by atoms with Gasteiger partial charge in [-0.25, -0.2) is 0 Å². The topological polar surface area (TPSA) is 32.3 Å². The van der Waals surface area contributed by atoms with Gasteiger partial charge in [-0.3, -0.25) is 9.69 Å². The monoisotopic (exact) mass is 328 g/mol. The summed E-state index contributed by atoms with van der Waals surface area (Å²) in [4.78, 5) is 15.8. The Morgan fingerprint density at radius 2 is 2.09 bits per heavy atom. The van der Waals surface area contributed by atoms with Crippen LogP contribution in [0.1, 0.15) is 30.2 Å². The van der Waals surface area contributed by atoms with Gasteiger partial charge in [-0.15, -0.1) is 17.9 Å². The van der Waals surface area contributed by atoms with E-state index in [1.165, 1.54) is 4.88 Å². The summed E-state index contributed by atoms with van der Waals surface area (Å²) >= 11 is 1.71. The predicted octanol–water partition coefficient (Wildman–Crippen LogP) is 4.50. The second-order valence-electron chi connectivity index (χ2n) is 5.83. The van der Waals surface area contributed by atoms with E-state index in [1.54, 1.807) is 11.3 Å². The molecule has 0 saturated heterocycles. The Labute approximate surface area is 142 Å². The molecule has 1 aromatic heterocycles. The van der Waals surface area contributed by atoms with Gasteiger partial charge in [0.15, 0.2) is 0 Å². The zero-order chi connectivity index (χ0) is 16.7. The van der Waals surface area contributed by atoms with E-state index in [-0.39, 0.29) is 5.91 Å². The molecule has 0 fully saturated rings. The number of carbonyl (C=O) groups is 1. The minimum absolute atomic E-state index is 0.0107. The molecule has 4 heteroatoms. The van der Waals surface area contributed by atoms with Crippen LogP contribution in [-0.2, 0) is 11.3 Å². The van der Waals surface area contributed by atoms with Gasteiger partial charge in [-0.05, 0) is 29.0 Å². The third-order valence-corrected chi connectivity index (χ3v) is 4.43. The highest BCUT2D eigenvalue weighted by atomic mass is 32.1. The zero-order valence-corrected chi connectivity index (χ0v) is 14.6. The number of hydrogen-bond acceptors (Lipinski definition) is 3.